The van der Waals surface area contributed by atoms with E-state index in [1.165, 1.54) is 0 Å². The van der Waals surface area contributed by atoms with Crippen molar-refractivity contribution in [1.29, 1.82) is 0 Å². The number of fused-ring (bicyclic) bond motifs is 1. The molecule has 0 aliphatic rings. The van der Waals surface area contributed by atoms with Crippen LogP contribution >= 0.6 is 0 Å². The van der Waals surface area contributed by atoms with Gasteiger partial charge in [-0.15, -0.1) is 0 Å². The monoisotopic (exact) mass is 250 g/mol. The molecule has 3 heteroatoms. The van der Waals surface area contributed by atoms with E-state index in [2.05, 4.69) is 16.0 Å². The Labute approximate surface area is 111 Å². The second-order valence-electron chi connectivity index (χ2n) is 4.78. The van der Waals surface area contributed by atoms with Gasteiger partial charge in [0.15, 0.2) is 6.29 Å². The number of aldehydes is 1. The zero-order valence-corrected chi connectivity index (χ0v) is 10.9. The number of aromatic nitrogens is 2. The third-order valence-electron chi connectivity index (χ3n) is 3.36. The molecule has 3 rings (SSSR count). The fourth-order valence-electron chi connectivity index (χ4n) is 2.53. The molecule has 3 aromatic rings. The average molecular weight is 250 g/mol. The summed E-state index contributed by atoms with van der Waals surface area (Å²) in [5.41, 5.74) is 5.80. The van der Waals surface area contributed by atoms with Crippen LogP contribution in [-0.4, -0.2) is 16.3 Å². The van der Waals surface area contributed by atoms with Gasteiger partial charge in [-0.05, 0) is 37.6 Å². The zero-order valence-electron chi connectivity index (χ0n) is 10.9. The number of hydrogen-bond donors (Lipinski definition) is 1. The SMILES string of the molecule is Cc1cc(C)c2[nH]c(-c3cccnc3)c(C=O)c2c1. The molecule has 0 radical (unpaired) electrons. The summed E-state index contributed by atoms with van der Waals surface area (Å²) in [6.07, 6.45) is 4.40. The Balaban J connectivity index is 2.38. The largest absolute Gasteiger partial charge is 0.354 e. The summed E-state index contributed by atoms with van der Waals surface area (Å²) in [4.78, 5) is 18.9. The highest BCUT2D eigenvalue weighted by atomic mass is 16.1. The number of aromatic amines is 1. The van der Waals surface area contributed by atoms with E-state index in [-0.39, 0.29) is 0 Å². The number of carbonyl (C=O) groups is 1. The second kappa shape index (κ2) is 4.35. The summed E-state index contributed by atoms with van der Waals surface area (Å²) in [7, 11) is 0. The molecule has 2 aromatic heterocycles. The summed E-state index contributed by atoms with van der Waals surface area (Å²) in [6.45, 7) is 4.09. The van der Waals surface area contributed by atoms with E-state index in [1.54, 1.807) is 12.4 Å². The van der Waals surface area contributed by atoms with Gasteiger partial charge in [0.25, 0.3) is 0 Å². The molecule has 94 valence electrons. The molecule has 0 aliphatic carbocycles. The van der Waals surface area contributed by atoms with Crippen LogP contribution in [0.25, 0.3) is 22.2 Å². The maximum Gasteiger partial charge on any atom is 0.152 e. The van der Waals surface area contributed by atoms with Crippen LogP contribution in [0.5, 0.6) is 0 Å². The fourth-order valence-corrected chi connectivity index (χ4v) is 2.53. The average Bonchev–Trinajstić information content (AvgIpc) is 2.78. The molecular weight excluding hydrogens is 236 g/mol. The molecule has 3 nitrogen and oxygen atoms in total. The predicted octanol–water partition coefficient (Wildman–Crippen LogP) is 3.66. The van der Waals surface area contributed by atoms with Gasteiger partial charge in [0.1, 0.15) is 0 Å². The second-order valence-corrected chi connectivity index (χ2v) is 4.78. The summed E-state index contributed by atoms with van der Waals surface area (Å²) >= 11 is 0. The number of nitrogens with one attached hydrogen (secondary N) is 1. The molecular formula is C16H14N2O. The maximum absolute atomic E-state index is 11.5. The van der Waals surface area contributed by atoms with Crippen molar-refractivity contribution < 1.29 is 4.79 Å². The lowest BCUT2D eigenvalue weighted by Gasteiger charge is -1.98. The molecule has 1 aromatic carbocycles. The van der Waals surface area contributed by atoms with E-state index >= 15 is 0 Å². The van der Waals surface area contributed by atoms with Crippen molar-refractivity contribution in [3.63, 3.8) is 0 Å². The van der Waals surface area contributed by atoms with Crippen LogP contribution in [-0.2, 0) is 0 Å². The van der Waals surface area contributed by atoms with Gasteiger partial charge in [-0.1, -0.05) is 11.6 Å². The summed E-state index contributed by atoms with van der Waals surface area (Å²) in [5.74, 6) is 0. The molecule has 2 heterocycles. The normalized spacial score (nSPS) is 10.8. The van der Waals surface area contributed by atoms with Crippen LogP contribution in [0.3, 0.4) is 0 Å². The molecule has 0 saturated heterocycles. The number of aryl methyl sites for hydroxylation is 2. The minimum absolute atomic E-state index is 0.704. The van der Waals surface area contributed by atoms with Crippen molar-refractivity contribution in [2.24, 2.45) is 0 Å². The number of H-pyrrole nitrogens is 1. The van der Waals surface area contributed by atoms with Gasteiger partial charge in [0.05, 0.1) is 5.69 Å². The molecule has 1 N–H and O–H groups in total. The Morgan fingerprint density at radius 2 is 2.11 bits per heavy atom. The van der Waals surface area contributed by atoms with Crippen LogP contribution in [0.15, 0.2) is 36.7 Å². The van der Waals surface area contributed by atoms with Crippen molar-refractivity contribution in [3.05, 3.63) is 53.3 Å². The van der Waals surface area contributed by atoms with Gasteiger partial charge < -0.3 is 4.98 Å². The van der Waals surface area contributed by atoms with Crippen LogP contribution in [0.4, 0.5) is 0 Å². The molecule has 0 spiro atoms. The van der Waals surface area contributed by atoms with Gasteiger partial charge in [-0.3, -0.25) is 9.78 Å². The fraction of sp³-hybridized carbons (Fsp3) is 0.125. The lowest BCUT2D eigenvalue weighted by molar-refractivity contribution is 0.112. The molecule has 0 unspecified atom stereocenters. The Hall–Kier alpha value is -2.42. The number of nitrogens with zero attached hydrogens (tertiary/aromatic N) is 1. The maximum atomic E-state index is 11.5. The highest BCUT2D eigenvalue weighted by molar-refractivity contribution is 6.05. The summed E-state index contributed by atoms with van der Waals surface area (Å²) < 4.78 is 0. The lowest BCUT2D eigenvalue weighted by Crippen LogP contribution is -1.85. The van der Waals surface area contributed by atoms with Gasteiger partial charge in [0, 0.05) is 34.4 Å². The highest BCUT2D eigenvalue weighted by Crippen LogP contribution is 2.31. The number of hydrogen-bond acceptors (Lipinski definition) is 2. The topological polar surface area (TPSA) is 45.8 Å². The molecule has 0 aliphatic heterocycles. The van der Waals surface area contributed by atoms with E-state index < -0.39 is 0 Å². The first kappa shape index (κ1) is 11.7. The van der Waals surface area contributed by atoms with Crippen LogP contribution in [0.2, 0.25) is 0 Å². The van der Waals surface area contributed by atoms with E-state index in [9.17, 15) is 4.79 Å². The molecule has 0 saturated carbocycles. The smallest absolute Gasteiger partial charge is 0.152 e. The Morgan fingerprint density at radius 3 is 2.79 bits per heavy atom. The Morgan fingerprint density at radius 1 is 1.26 bits per heavy atom. The number of pyridine rings is 1. The van der Waals surface area contributed by atoms with Crippen molar-refractivity contribution in [3.8, 4) is 11.3 Å². The number of benzene rings is 1. The van der Waals surface area contributed by atoms with Crippen molar-refractivity contribution in [2.75, 3.05) is 0 Å². The van der Waals surface area contributed by atoms with E-state index in [4.69, 9.17) is 0 Å². The quantitative estimate of drug-likeness (QED) is 0.705. The third-order valence-corrected chi connectivity index (χ3v) is 3.36. The minimum atomic E-state index is 0.704. The van der Waals surface area contributed by atoms with E-state index in [0.717, 1.165) is 39.6 Å². The summed E-state index contributed by atoms with van der Waals surface area (Å²) in [5, 5.41) is 0.978. The Bertz CT molecular complexity index is 757. The number of rotatable bonds is 2. The minimum Gasteiger partial charge on any atom is -0.354 e. The van der Waals surface area contributed by atoms with Gasteiger partial charge in [-0.2, -0.15) is 0 Å². The summed E-state index contributed by atoms with van der Waals surface area (Å²) in [6, 6.07) is 7.98. The standard InChI is InChI=1S/C16H14N2O/c1-10-6-11(2)15-13(7-10)14(9-19)16(18-15)12-4-3-5-17-8-12/h3-9,18H,1-2H3. The zero-order chi connectivity index (χ0) is 13.4. The molecule has 0 bridgehead atoms. The van der Waals surface area contributed by atoms with Crippen molar-refractivity contribution >= 4 is 17.2 Å². The molecule has 0 fully saturated rings. The lowest BCUT2D eigenvalue weighted by atomic mass is 10.0. The van der Waals surface area contributed by atoms with Gasteiger partial charge in [0.2, 0.25) is 0 Å². The molecule has 0 amide bonds. The van der Waals surface area contributed by atoms with Gasteiger partial charge >= 0.3 is 0 Å². The first-order valence-corrected chi connectivity index (χ1v) is 6.19. The first-order valence-electron chi connectivity index (χ1n) is 6.19. The van der Waals surface area contributed by atoms with Crippen LogP contribution < -0.4 is 0 Å². The molecule has 0 atom stereocenters. The van der Waals surface area contributed by atoms with Crippen LogP contribution in [0.1, 0.15) is 21.5 Å². The van der Waals surface area contributed by atoms with Crippen molar-refractivity contribution in [2.45, 2.75) is 13.8 Å². The predicted molar refractivity (Wildman–Crippen MR) is 76.4 cm³/mol. The Kier molecular flexibility index (Phi) is 2.67. The third kappa shape index (κ3) is 1.83. The van der Waals surface area contributed by atoms with E-state index in [0.29, 0.717) is 5.56 Å². The first-order chi connectivity index (χ1) is 9.20. The van der Waals surface area contributed by atoms with Gasteiger partial charge in [-0.25, -0.2) is 0 Å². The van der Waals surface area contributed by atoms with Crippen molar-refractivity contribution in [1.82, 2.24) is 9.97 Å². The molecule has 19 heavy (non-hydrogen) atoms. The van der Waals surface area contributed by atoms with E-state index in [1.807, 2.05) is 32.0 Å². The van der Waals surface area contributed by atoms with Crippen LogP contribution in [0, 0.1) is 13.8 Å². The number of carbonyl (C=O) groups excluding carboxylic acids is 1. The highest BCUT2D eigenvalue weighted by Gasteiger charge is 2.14.